The molecular weight excluding hydrogens is 222 g/mol. The third kappa shape index (κ3) is 4.30. The summed E-state index contributed by atoms with van der Waals surface area (Å²) in [6.45, 7) is 3.76. The van der Waals surface area contributed by atoms with Crippen LogP contribution in [-0.2, 0) is 16.0 Å². The molecule has 0 aliphatic rings. The summed E-state index contributed by atoms with van der Waals surface area (Å²) in [5, 5.41) is 8.64. The van der Waals surface area contributed by atoms with E-state index in [1.807, 2.05) is 19.1 Å². The first-order chi connectivity index (χ1) is 8.02. The highest BCUT2D eigenvalue weighted by Crippen LogP contribution is 2.09. The van der Waals surface area contributed by atoms with Crippen LogP contribution < -0.4 is 0 Å². The van der Waals surface area contributed by atoms with Crippen molar-refractivity contribution in [2.24, 2.45) is 0 Å². The number of carbonyl (C=O) groups is 2. The van der Waals surface area contributed by atoms with Gasteiger partial charge in [0.25, 0.3) is 0 Å². The minimum atomic E-state index is -0.992. The number of carboxylic acid groups (broad SMARTS) is 1. The standard InChI is InChI=1S/C12H17NO4/c1-3-13(8-12(15)16)11(14)7-6-10-5-4-9(2)17-10/h4-5H,3,6-8H2,1-2H3,(H,15,16). The number of aliphatic carboxylic acids is 1. The third-order valence-electron chi connectivity index (χ3n) is 2.44. The number of rotatable bonds is 6. The number of carboxylic acids is 1. The van der Waals surface area contributed by atoms with E-state index in [-0.39, 0.29) is 18.9 Å². The molecule has 0 aromatic carbocycles. The van der Waals surface area contributed by atoms with Gasteiger partial charge in [-0.2, -0.15) is 0 Å². The highest BCUT2D eigenvalue weighted by atomic mass is 16.4. The molecular formula is C12H17NO4. The molecule has 5 heteroatoms. The second kappa shape index (κ2) is 6.08. The SMILES string of the molecule is CCN(CC(=O)O)C(=O)CCc1ccc(C)o1. The summed E-state index contributed by atoms with van der Waals surface area (Å²) in [5.41, 5.74) is 0. The minimum absolute atomic E-state index is 0.163. The van der Waals surface area contributed by atoms with E-state index < -0.39 is 5.97 Å². The van der Waals surface area contributed by atoms with Crippen LogP contribution in [0.1, 0.15) is 24.9 Å². The van der Waals surface area contributed by atoms with Gasteiger partial charge >= 0.3 is 5.97 Å². The second-order valence-corrected chi connectivity index (χ2v) is 3.81. The Balaban J connectivity index is 2.44. The number of likely N-dealkylation sites (N-methyl/N-ethyl adjacent to an activating group) is 1. The molecule has 1 aromatic heterocycles. The second-order valence-electron chi connectivity index (χ2n) is 3.81. The van der Waals surface area contributed by atoms with Gasteiger partial charge in [-0.25, -0.2) is 0 Å². The molecule has 0 saturated carbocycles. The van der Waals surface area contributed by atoms with Gasteiger partial charge in [0, 0.05) is 19.4 Å². The molecule has 0 saturated heterocycles. The van der Waals surface area contributed by atoms with E-state index in [0.29, 0.717) is 13.0 Å². The zero-order chi connectivity index (χ0) is 12.8. The van der Waals surface area contributed by atoms with Gasteiger partial charge in [-0.3, -0.25) is 9.59 Å². The van der Waals surface area contributed by atoms with E-state index in [4.69, 9.17) is 9.52 Å². The summed E-state index contributed by atoms with van der Waals surface area (Å²) in [4.78, 5) is 23.6. The number of hydrogen-bond donors (Lipinski definition) is 1. The molecule has 1 N–H and O–H groups in total. The lowest BCUT2D eigenvalue weighted by molar-refractivity contribution is -0.144. The molecule has 1 heterocycles. The van der Waals surface area contributed by atoms with Crippen molar-refractivity contribution in [2.45, 2.75) is 26.7 Å². The molecule has 0 atom stereocenters. The maximum atomic E-state index is 11.7. The highest BCUT2D eigenvalue weighted by molar-refractivity contribution is 5.81. The van der Waals surface area contributed by atoms with Gasteiger partial charge in [-0.15, -0.1) is 0 Å². The van der Waals surface area contributed by atoms with Crippen LogP contribution in [0.15, 0.2) is 16.5 Å². The Morgan fingerprint density at radius 2 is 2.12 bits per heavy atom. The van der Waals surface area contributed by atoms with E-state index in [1.54, 1.807) is 6.92 Å². The van der Waals surface area contributed by atoms with Crippen LogP contribution in [0.4, 0.5) is 0 Å². The van der Waals surface area contributed by atoms with Crippen molar-refractivity contribution in [1.29, 1.82) is 0 Å². The zero-order valence-electron chi connectivity index (χ0n) is 10.1. The maximum Gasteiger partial charge on any atom is 0.323 e. The Morgan fingerprint density at radius 3 is 2.59 bits per heavy atom. The molecule has 1 amide bonds. The highest BCUT2D eigenvalue weighted by Gasteiger charge is 2.15. The maximum absolute atomic E-state index is 11.7. The Hall–Kier alpha value is -1.78. The van der Waals surface area contributed by atoms with Crippen molar-refractivity contribution < 1.29 is 19.1 Å². The van der Waals surface area contributed by atoms with Crippen LogP contribution in [0, 0.1) is 6.92 Å². The van der Waals surface area contributed by atoms with Gasteiger partial charge < -0.3 is 14.4 Å². The predicted molar refractivity (Wildman–Crippen MR) is 61.7 cm³/mol. The number of furan rings is 1. The van der Waals surface area contributed by atoms with E-state index in [9.17, 15) is 9.59 Å². The summed E-state index contributed by atoms with van der Waals surface area (Å²) < 4.78 is 5.34. The fourth-order valence-corrected chi connectivity index (χ4v) is 1.55. The van der Waals surface area contributed by atoms with Crippen molar-refractivity contribution in [2.75, 3.05) is 13.1 Å². The molecule has 0 aliphatic carbocycles. The predicted octanol–water partition coefficient (Wildman–Crippen LogP) is 1.45. The molecule has 5 nitrogen and oxygen atoms in total. The summed E-state index contributed by atoms with van der Waals surface area (Å²) in [6.07, 6.45) is 0.775. The lowest BCUT2D eigenvalue weighted by Crippen LogP contribution is -2.35. The first kappa shape index (κ1) is 13.3. The smallest absolute Gasteiger partial charge is 0.323 e. The Kier molecular flexibility index (Phi) is 4.75. The molecule has 0 fully saturated rings. The van der Waals surface area contributed by atoms with Crippen molar-refractivity contribution in [3.63, 3.8) is 0 Å². The van der Waals surface area contributed by atoms with E-state index in [0.717, 1.165) is 11.5 Å². The fraction of sp³-hybridized carbons (Fsp3) is 0.500. The van der Waals surface area contributed by atoms with Crippen molar-refractivity contribution in [3.05, 3.63) is 23.7 Å². The van der Waals surface area contributed by atoms with Gasteiger partial charge in [0.05, 0.1) is 0 Å². The Labute approximate surface area is 100 Å². The van der Waals surface area contributed by atoms with Crippen molar-refractivity contribution in [3.8, 4) is 0 Å². The molecule has 1 rings (SSSR count). The number of amides is 1. The first-order valence-electron chi connectivity index (χ1n) is 5.57. The Bertz CT molecular complexity index is 397. The largest absolute Gasteiger partial charge is 0.480 e. The average molecular weight is 239 g/mol. The third-order valence-corrected chi connectivity index (χ3v) is 2.44. The summed E-state index contributed by atoms with van der Waals surface area (Å²) >= 11 is 0. The summed E-state index contributed by atoms with van der Waals surface area (Å²) in [6, 6.07) is 3.67. The van der Waals surface area contributed by atoms with Crippen molar-refractivity contribution >= 4 is 11.9 Å². The number of nitrogens with zero attached hydrogens (tertiary/aromatic N) is 1. The van der Waals surface area contributed by atoms with Crippen LogP contribution in [0.2, 0.25) is 0 Å². The number of carbonyl (C=O) groups excluding carboxylic acids is 1. The topological polar surface area (TPSA) is 70.8 Å². The summed E-state index contributed by atoms with van der Waals surface area (Å²) in [5.74, 6) is 0.408. The molecule has 0 unspecified atom stereocenters. The molecule has 0 bridgehead atoms. The number of aryl methyl sites for hydroxylation is 2. The van der Waals surface area contributed by atoms with Crippen LogP contribution in [0.25, 0.3) is 0 Å². The van der Waals surface area contributed by atoms with E-state index in [2.05, 4.69) is 0 Å². The molecule has 0 aliphatic heterocycles. The quantitative estimate of drug-likeness (QED) is 0.815. The lowest BCUT2D eigenvalue weighted by Gasteiger charge is -2.17. The van der Waals surface area contributed by atoms with Crippen LogP contribution in [0.5, 0.6) is 0 Å². The van der Waals surface area contributed by atoms with E-state index in [1.165, 1.54) is 4.90 Å². The summed E-state index contributed by atoms with van der Waals surface area (Å²) in [7, 11) is 0. The van der Waals surface area contributed by atoms with Gasteiger partial charge in [-0.05, 0) is 26.0 Å². The van der Waals surface area contributed by atoms with Crippen LogP contribution >= 0.6 is 0 Å². The first-order valence-corrected chi connectivity index (χ1v) is 5.57. The molecule has 17 heavy (non-hydrogen) atoms. The van der Waals surface area contributed by atoms with Gasteiger partial charge in [0.2, 0.25) is 5.91 Å². The van der Waals surface area contributed by atoms with Gasteiger partial charge in [0.15, 0.2) is 0 Å². The fourth-order valence-electron chi connectivity index (χ4n) is 1.55. The lowest BCUT2D eigenvalue weighted by atomic mass is 10.2. The monoisotopic (exact) mass is 239 g/mol. The van der Waals surface area contributed by atoms with Crippen molar-refractivity contribution in [1.82, 2.24) is 4.90 Å². The Morgan fingerprint density at radius 1 is 1.41 bits per heavy atom. The van der Waals surface area contributed by atoms with Crippen LogP contribution in [-0.4, -0.2) is 35.0 Å². The zero-order valence-corrected chi connectivity index (χ0v) is 10.1. The van der Waals surface area contributed by atoms with Gasteiger partial charge in [-0.1, -0.05) is 0 Å². The molecule has 1 aromatic rings. The van der Waals surface area contributed by atoms with E-state index >= 15 is 0 Å². The normalized spacial score (nSPS) is 10.2. The van der Waals surface area contributed by atoms with Crippen LogP contribution in [0.3, 0.4) is 0 Å². The van der Waals surface area contributed by atoms with Gasteiger partial charge in [0.1, 0.15) is 18.1 Å². The molecule has 0 spiro atoms. The number of hydrogen-bond acceptors (Lipinski definition) is 3. The molecule has 0 radical (unpaired) electrons. The minimum Gasteiger partial charge on any atom is -0.480 e. The average Bonchev–Trinajstić information content (AvgIpc) is 2.68. The molecule has 94 valence electrons.